The van der Waals surface area contributed by atoms with E-state index in [1.807, 2.05) is 19.1 Å². The number of carbonyl (C=O) groups excluding carboxylic acids is 1. The molecule has 112 valence electrons. The number of furan rings is 1. The van der Waals surface area contributed by atoms with E-state index in [0.717, 1.165) is 24.3 Å². The molecule has 0 aliphatic rings. The van der Waals surface area contributed by atoms with Gasteiger partial charge in [-0.3, -0.25) is 4.79 Å². The van der Waals surface area contributed by atoms with E-state index in [2.05, 4.69) is 27.5 Å². The Bertz CT molecular complexity index is 581. The average molecular weight is 288 g/mol. The minimum atomic E-state index is -0.171. The standard InChI is InChI=1S/C15H20N4O2/c1-3-4-7-16-14(20)13-9-11(2)18-15(19-13)17-10-12-6-5-8-21-12/h5-6,8-9H,3-4,7,10H2,1-2H3,(H,16,20)(H,17,18,19). The zero-order valence-corrected chi connectivity index (χ0v) is 12.3. The fraction of sp³-hybridized carbons (Fsp3) is 0.400. The number of aromatic nitrogens is 2. The molecule has 0 atom stereocenters. The van der Waals surface area contributed by atoms with Gasteiger partial charge in [-0.2, -0.15) is 0 Å². The Morgan fingerprint density at radius 3 is 2.95 bits per heavy atom. The van der Waals surface area contributed by atoms with E-state index in [4.69, 9.17) is 4.42 Å². The van der Waals surface area contributed by atoms with E-state index in [1.165, 1.54) is 0 Å². The van der Waals surface area contributed by atoms with Gasteiger partial charge in [0.25, 0.3) is 5.91 Å². The Morgan fingerprint density at radius 1 is 1.38 bits per heavy atom. The smallest absolute Gasteiger partial charge is 0.270 e. The summed E-state index contributed by atoms with van der Waals surface area (Å²) in [5, 5.41) is 5.90. The SMILES string of the molecule is CCCCNC(=O)c1cc(C)nc(NCc2ccco2)n1. The van der Waals surface area contributed by atoms with Crippen molar-refractivity contribution >= 4 is 11.9 Å². The first-order valence-corrected chi connectivity index (χ1v) is 7.09. The topological polar surface area (TPSA) is 80.0 Å². The minimum absolute atomic E-state index is 0.171. The molecule has 2 heterocycles. The van der Waals surface area contributed by atoms with Crippen LogP contribution >= 0.6 is 0 Å². The third kappa shape index (κ3) is 4.59. The Labute approximate surface area is 124 Å². The molecule has 21 heavy (non-hydrogen) atoms. The molecule has 0 aromatic carbocycles. The molecule has 6 nitrogen and oxygen atoms in total. The van der Waals surface area contributed by atoms with Crippen LogP contribution in [0.4, 0.5) is 5.95 Å². The van der Waals surface area contributed by atoms with Crippen molar-refractivity contribution in [3.8, 4) is 0 Å². The summed E-state index contributed by atoms with van der Waals surface area (Å²) < 4.78 is 5.23. The lowest BCUT2D eigenvalue weighted by Crippen LogP contribution is -2.26. The zero-order chi connectivity index (χ0) is 15.1. The van der Waals surface area contributed by atoms with Gasteiger partial charge in [0.1, 0.15) is 11.5 Å². The van der Waals surface area contributed by atoms with Crippen molar-refractivity contribution in [3.05, 3.63) is 41.6 Å². The lowest BCUT2D eigenvalue weighted by molar-refractivity contribution is 0.0948. The molecule has 2 aromatic heterocycles. The first-order chi connectivity index (χ1) is 10.2. The Hall–Kier alpha value is -2.37. The molecule has 0 spiro atoms. The van der Waals surface area contributed by atoms with E-state index >= 15 is 0 Å². The molecular weight excluding hydrogens is 268 g/mol. The molecule has 0 aliphatic heterocycles. The molecule has 0 aliphatic carbocycles. The summed E-state index contributed by atoms with van der Waals surface area (Å²) in [4.78, 5) is 20.5. The predicted octanol–water partition coefficient (Wildman–Crippen LogP) is 2.52. The highest BCUT2D eigenvalue weighted by Gasteiger charge is 2.10. The molecule has 1 amide bonds. The zero-order valence-electron chi connectivity index (χ0n) is 12.3. The van der Waals surface area contributed by atoms with Crippen molar-refractivity contribution in [1.82, 2.24) is 15.3 Å². The summed E-state index contributed by atoms with van der Waals surface area (Å²) in [5.74, 6) is 1.04. The molecule has 6 heteroatoms. The highest BCUT2D eigenvalue weighted by molar-refractivity contribution is 5.92. The highest BCUT2D eigenvalue weighted by atomic mass is 16.3. The van der Waals surface area contributed by atoms with Crippen LogP contribution in [-0.2, 0) is 6.54 Å². The number of nitrogens with one attached hydrogen (secondary N) is 2. The molecule has 2 rings (SSSR count). The van der Waals surface area contributed by atoms with Crippen molar-refractivity contribution < 1.29 is 9.21 Å². The van der Waals surface area contributed by atoms with Gasteiger partial charge in [-0.25, -0.2) is 9.97 Å². The quantitative estimate of drug-likeness (QED) is 0.765. The second-order valence-electron chi connectivity index (χ2n) is 4.76. The maximum absolute atomic E-state index is 12.0. The highest BCUT2D eigenvalue weighted by Crippen LogP contribution is 2.08. The summed E-state index contributed by atoms with van der Waals surface area (Å²) in [5.41, 5.74) is 1.12. The monoisotopic (exact) mass is 288 g/mol. The number of hydrogen-bond acceptors (Lipinski definition) is 5. The van der Waals surface area contributed by atoms with Gasteiger partial charge in [-0.15, -0.1) is 0 Å². The maximum atomic E-state index is 12.0. The fourth-order valence-corrected chi connectivity index (χ4v) is 1.81. The maximum Gasteiger partial charge on any atom is 0.270 e. The van der Waals surface area contributed by atoms with Gasteiger partial charge in [0.15, 0.2) is 0 Å². The summed E-state index contributed by atoms with van der Waals surface area (Å²) in [7, 11) is 0. The van der Waals surface area contributed by atoms with Crippen molar-refractivity contribution in [1.29, 1.82) is 0 Å². The first-order valence-electron chi connectivity index (χ1n) is 7.09. The number of aryl methyl sites for hydroxylation is 1. The predicted molar refractivity (Wildman–Crippen MR) is 80.0 cm³/mol. The van der Waals surface area contributed by atoms with E-state index in [9.17, 15) is 4.79 Å². The second-order valence-corrected chi connectivity index (χ2v) is 4.76. The van der Waals surface area contributed by atoms with Gasteiger partial charge in [0.2, 0.25) is 5.95 Å². The van der Waals surface area contributed by atoms with Gasteiger partial charge in [0, 0.05) is 12.2 Å². The van der Waals surface area contributed by atoms with Crippen molar-refractivity contribution in [2.24, 2.45) is 0 Å². The Morgan fingerprint density at radius 2 is 2.24 bits per heavy atom. The van der Waals surface area contributed by atoms with Gasteiger partial charge < -0.3 is 15.1 Å². The van der Waals surface area contributed by atoms with Crippen LogP contribution in [0.2, 0.25) is 0 Å². The molecule has 2 N–H and O–H groups in total. The summed E-state index contributed by atoms with van der Waals surface area (Å²) >= 11 is 0. The van der Waals surface area contributed by atoms with Crippen LogP contribution in [0.1, 0.15) is 41.7 Å². The summed E-state index contributed by atoms with van der Waals surface area (Å²) in [6.45, 7) is 5.06. The van der Waals surface area contributed by atoms with Crippen LogP contribution in [0.25, 0.3) is 0 Å². The van der Waals surface area contributed by atoms with Gasteiger partial charge in [-0.1, -0.05) is 13.3 Å². The molecule has 0 radical (unpaired) electrons. The average Bonchev–Trinajstić information content (AvgIpc) is 2.98. The number of anilines is 1. The van der Waals surface area contributed by atoms with E-state index in [-0.39, 0.29) is 5.91 Å². The molecule has 0 saturated carbocycles. The fourth-order valence-electron chi connectivity index (χ4n) is 1.81. The minimum Gasteiger partial charge on any atom is -0.467 e. The van der Waals surface area contributed by atoms with Crippen LogP contribution < -0.4 is 10.6 Å². The molecular formula is C15H20N4O2. The van der Waals surface area contributed by atoms with Crippen molar-refractivity contribution in [2.75, 3.05) is 11.9 Å². The van der Waals surface area contributed by atoms with Crippen LogP contribution in [0, 0.1) is 6.92 Å². The largest absolute Gasteiger partial charge is 0.467 e. The third-order valence-corrected chi connectivity index (χ3v) is 2.90. The van der Waals surface area contributed by atoms with Crippen LogP contribution in [0.3, 0.4) is 0 Å². The molecule has 0 fully saturated rings. The number of hydrogen-bond donors (Lipinski definition) is 2. The second kappa shape index (κ2) is 7.42. The van der Waals surface area contributed by atoms with E-state index < -0.39 is 0 Å². The summed E-state index contributed by atoms with van der Waals surface area (Å²) in [6.07, 6.45) is 3.61. The van der Waals surface area contributed by atoms with Crippen LogP contribution in [0.5, 0.6) is 0 Å². The van der Waals surface area contributed by atoms with Crippen LogP contribution in [0.15, 0.2) is 28.9 Å². The Balaban J connectivity index is 2.00. The third-order valence-electron chi connectivity index (χ3n) is 2.90. The number of unbranched alkanes of at least 4 members (excludes halogenated alkanes) is 1. The lowest BCUT2D eigenvalue weighted by Gasteiger charge is -2.08. The number of amides is 1. The number of carbonyl (C=O) groups is 1. The molecule has 2 aromatic rings. The van der Waals surface area contributed by atoms with Crippen molar-refractivity contribution in [2.45, 2.75) is 33.2 Å². The lowest BCUT2D eigenvalue weighted by atomic mass is 10.3. The van der Waals surface area contributed by atoms with E-state index in [0.29, 0.717) is 24.7 Å². The normalized spacial score (nSPS) is 10.4. The number of rotatable bonds is 7. The summed E-state index contributed by atoms with van der Waals surface area (Å²) in [6, 6.07) is 5.36. The molecule has 0 unspecified atom stereocenters. The Kier molecular flexibility index (Phi) is 5.31. The van der Waals surface area contributed by atoms with Crippen LogP contribution in [-0.4, -0.2) is 22.4 Å². The van der Waals surface area contributed by atoms with Gasteiger partial charge in [-0.05, 0) is 31.5 Å². The van der Waals surface area contributed by atoms with Gasteiger partial charge >= 0.3 is 0 Å². The first kappa shape index (κ1) is 15.0. The van der Waals surface area contributed by atoms with Crippen molar-refractivity contribution in [3.63, 3.8) is 0 Å². The molecule has 0 bridgehead atoms. The number of nitrogens with zero attached hydrogens (tertiary/aromatic N) is 2. The van der Waals surface area contributed by atoms with E-state index in [1.54, 1.807) is 12.3 Å². The van der Waals surface area contributed by atoms with Gasteiger partial charge in [0.05, 0.1) is 12.8 Å². The molecule has 0 saturated heterocycles.